The highest BCUT2D eigenvalue weighted by Crippen LogP contribution is 2.51. The number of hydrogen-bond acceptors (Lipinski definition) is 5. The van der Waals surface area contributed by atoms with Gasteiger partial charge in [-0.2, -0.15) is 0 Å². The smallest absolute Gasteiger partial charge is 0.335 e. The Hall–Kier alpha value is -2.47. The van der Waals surface area contributed by atoms with E-state index < -0.39 is 25.5 Å². The van der Waals surface area contributed by atoms with Gasteiger partial charge in [0.25, 0.3) is 5.91 Å². The van der Waals surface area contributed by atoms with Crippen LogP contribution in [0.25, 0.3) is 0 Å². The minimum absolute atomic E-state index is 0.123. The van der Waals surface area contributed by atoms with Crippen LogP contribution < -0.4 is 11.1 Å². The Morgan fingerprint density at radius 1 is 0.967 bits per heavy atom. The molecule has 8 heteroatoms. The second-order valence-electron chi connectivity index (χ2n) is 6.75. The first kappa shape index (κ1) is 23.8. The molecule has 2 amide bonds. The lowest BCUT2D eigenvalue weighted by molar-refractivity contribution is -0.120. The molecule has 2 aromatic carbocycles. The summed E-state index contributed by atoms with van der Waals surface area (Å²) >= 11 is 0. The number of nitrogens with two attached hydrogens (primary N) is 1. The lowest BCUT2D eigenvalue weighted by Crippen LogP contribution is -2.44. The average Bonchev–Trinajstić information content (AvgIpc) is 2.72. The van der Waals surface area contributed by atoms with Crippen LogP contribution in [0.3, 0.4) is 0 Å². The Morgan fingerprint density at radius 2 is 1.57 bits per heavy atom. The maximum absolute atomic E-state index is 12.6. The number of amides is 2. The second-order valence-corrected chi connectivity index (χ2v) is 8.81. The first-order valence-corrected chi connectivity index (χ1v) is 11.7. The molecule has 0 aliphatic heterocycles. The fourth-order valence-corrected chi connectivity index (χ4v) is 4.69. The zero-order valence-corrected chi connectivity index (χ0v) is 18.3. The lowest BCUT2D eigenvalue weighted by atomic mass is 10.0. The van der Waals surface area contributed by atoms with E-state index in [0.717, 1.165) is 11.1 Å². The van der Waals surface area contributed by atoms with Gasteiger partial charge in [-0.3, -0.25) is 14.2 Å². The van der Waals surface area contributed by atoms with Gasteiger partial charge in [-0.05, 0) is 49.9 Å². The molecule has 2 aromatic rings. The summed E-state index contributed by atoms with van der Waals surface area (Å²) in [6.07, 6.45) is 1.16. The monoisotopic (exact) mass is 432 g/mol. The standard InChI is InChI=1S/C22H29N2O5P/c1-3-28-30(27,29-4-2)16-18-10-13-19(14-11-18)22(26)24-20(21(23)25)15-12-17-8-6-5-7-9-17/h5-11,13-14,20H,3-4,12,15-16H2,1-2H3,(H2,23,25)(H,24,26)/t20-/m1/s1. The zero-order chi connectivity index (χ0) is 22.0. The van der Waals surface area contributed by atoms with Gasteiger partial charge in [0.2, 0.25) is 5.91 Å². The highest BCUT2D eigenvalue weighted by atomic mass is 31.2. The van der Waals surface area contributed by atoms with Crippen molar-refractivity contribution in [3.63, 3.8) is 0 Å². The Bertz CT molecular complexity index is 861. The predicted molar refractivity (Wildman–Crippen MR) is 116 cm³/mol. The van der Waals surface area contributed by atoms with Crippen LogP contribution in [0, 0.1) is 0 Å². The molecule has 162 valence electrons. The summed E-state index contributed by atoms with van der Waals surface area (Å²) in [5.41, 5.74) is 7.64. The molecule has 7 nitrogen and oxygen atoms in total. The summed E-state index contributed by atoms with van der Waals surface area (Å²) in [5.74, 6) is -0.971. The fraction of sp³-hybridized carbons (Fsp3) is 0.364. The van der Waals surface area contributed by atoms with Crippen molar-refractivity contribution >= 4 is 19.4 Å². The van der Waals surface area contributed by atoms with E-state index in [1.165, 1.54) is 0 Å². The molecule has 3 N–H and O–H groups in total. The maximum Gasteiger partial charge on any atom is 0.335 e. The fourth-order valence-electron chi connectivity index (χ4n) is 2.99. The van der Waals surface area contributed by atoms with Crippen molar-refractivity contribution in [3.05, 3.63) is 71.3 Å². The Kier molecular flexibility index (Phi) is 9.24. The zero-order valence-electron chi connectivity index (χ0n) is 17.4. The van der Waals surface area contributed by atoms with Crippen LogP contribution in [0.2, 0.25) is 0 Å². The third-order valence-corrected chi connectivity index (χ3v) is 6.51. The third-order valence-electron chi connectivity index (χ3n) is 4.46. The Labute approximate surface area is 177 Å². The van der Waals surface area contributed by atoms with Crippen LogP contribution in [-0.4, -0.2) is 31.1 Å². The van der Waals surface area contributed by atoms with E-state index >= 15 is 0 Å². The molecule has 0 saturated carbocycles. The van der Waals surface area contributed by atoms with Crippen LogP contribution >= 0.6 is 7.60 Å². The van der Waals surface area contributed by atoms with Crippen molar-refractivity contribution in [2.24, 2.45) is 5.73 Å². The largest absolute Gasteiger partial charge is 0.368 e. The summed E-state index contributed by atoms with van der Waals surface area (Å²) in [5, 5.41) is 2.69. The molecule has 2 rings (SSSR count). The molecule has 0 aliphatic rings. The van der Waals surface area contributed by atoms with E-state index in [9.17, 15) is 14.2 Å². The van der Waals surface area contributed by atoms with Gasteiger partial charge in [-0.25, -0.2) is 0 Å². The summed E-state index contributed by atoms with van der Waals surface area (Å²) in [6.45, 7) is 4.09. The van der Waals surface area contributed by atoms with Crippen LogP contribution in [0.4, 0.5) is 0 Å². The molecule has 0 fully saturated rings. The number of benzene rings is 2. The highest BCUT2D eigenvalue weighted by molar-refractivity contribution is 7.53. The van der Waals surface area contributed by atoms with Crippen LogP contribution in [0.1, 0.15) is 41.8 Å². The number of rotatable bonds is 12. The third kappa shape index (κ3) is 7.41. The van der Waals surface area contributed by atoms with Gasteiger partial charge in [0, 0.05) is 5.56 Å². The minimum atomic E-state index is -3.22. The predicted octanol–water partition coefficient (Wildman–Crippen LogP) is 3.67. The first-order chi connectivity index (χ1) is 14.4. The van der Waals surface area contributed by atoms with Gasteiger partial charge in [0.15, 0.2) is 0 Å². The molecule has 0 unspecified atom stereocenters. The molecule has 1 atom stereocenters. The number of primary amides is 1. The van der Waals surface area contributed by atoms with Gasteiger partial charge in [0.05, 0.1) is 19.4 Å². The maximum atomic E-state index is 12.6. The van der Waals surface area contributed by atoms with Crippen LogP contribution in [-0.2, 0) is 31.0 Å². The van der Waals surface area contributed by atoms with E-state index in [1.807, 2.05) is 30.3 Å². The topological polar surface area (TPSA) is 108 Å². The molecule has 0 radical (unpaired) electrons. The normalized spacial score (nSPS) is 12.3. The Balaban J connectivity index is 1.99. The van der Waals surface area contributed by atoms with Crippen molar-refractivity contribution < 1.29 is 23.2 Å². The number of hydrogen-bond donors (Lipinski definition) is 2. The molecule has 0 aliphatic carbocycles. The highest BCUT2D eigenvalue weighted by Gasteiger charge is 2.24. The quantitative estimate of drug-likeness (QED) is 0.498. The van der Waals surface area contributed by atoms with Gasteiger partial charge in [0.1, 0.15) is 6.04 Å². The number of aryl methyl sites for hydroxylation is 1. The summed E-state index contributed by atoms with van der Waals surface area (Å²) in [7, 11) is -3.22. The Morgan fingerprint density at radius 3 is 2.10 bits per heavy atom. The second kappa shape index (κ2) is 11.6. The molecular formula is C22H29N2O5P. The molecular weight excluding hydrogens is 403 g/mol. The van der Waals surface area contributed by atoms with E-state index in [0.29, 0.717) is 18.4 Å². The number of nitrogens with one attached hydrogen (secondary N) is 1. The SMILES string of the molecule is CCOP(=O)(Cc1ccc(C(=O)N[C@H](CCc2ccccc2)C(N)=O)cc1)OCC. The van der Waals surface area contributed by atoms with E-state index in [1.54, 1.807) is 38.1 Å². The number of carbonyl (C=O) groups excluding carboxylic acids is 2. The van der Waals surface area contributed by atoms with E-state index in [2.05, 4.69) is 5.32 Å². The van der Waals surface area contributed by atoms with Crippen molar-refractivity contribution in [1.82, 2.24) is 5.32 Å². The summed E-state index contributed by atoms with van der Waals surface area (Å²) in [4.78, 5) is 24.3. The van der Waals surface area contributed by atoms with E-state index in [-0.39, 0.29) is 19.4 Å². The van der Waals surface area contributed by atoms with Crippen molar-refractivity contribution in [1.29, 1.82) is 0 Å². The van der Waals surface area contributed by atoms with Gasteiger partial charge in [-0.1, -0.05) is 42.5 Å². The van der Waals surface area contributed by atoms with Crippen molar-refractivity contribution in [2.45, 2.75) is 38.9 Å². The van der Waals surface area contributed by atoms with Gasteiger partial charge >= 0.3 is 7.60 Å². The lowest BCUT2D eigenvalue weighted by Gasteiger charge is -2.17. The molecule has 0 aromatic heterocycles. The molecule has 0 bridgehead atoms. The molecule has 0 spiro atoms. The summed E-state index contributed by atoms with van der Waals surface area (Å²) < 4.78 is 23.2. The summed E-state index contributed by atoms with van der Waals surface area (Å²) in [6, 6.07) is 15.5. The minimum Gasteiger partial charge on any atom is -0.368 e. The van der Waals surface area contributed by atoms with Crippen molar-refractivity contribution in [3.8, 4) is 0 Å². The van der Waals surface area contributed by atoms with Gasteiger partial charge < -0.3 is 20.1 Å². The van der Waals surface area contributed by atoms with Crippen molar-refractivity contribution in [2.75, 3.05) is 13.2 Å². The van der Waals surface area contributed by atoms with E-state index in [4.69, 9.17) is 14.8 Å². The number of carbonyl (C=O) groups is 2. The molecule has 0 heterocycles. The first-order valence-electron chi connectivity index (χ1n) is 9.98. The van der Waals surface area contributed by atoms with Crippen LogP contribution in [0.15, 0.2) is 54.6 Å². The van der Waals surface area contributed by atoms with Gasteiger partial charge in [-0.15, -0.1) is 0 Å². The molecule has 0 saturated heterocycles. The average molecular weight is 432 g/mol. The van der Waals surface area contributed by atoms with Crippen LogP contribution in [0.5, 0.6) is 0 Å². The molecule has 30 heavy (non-hydrogen) atoms.